The first kappa shape index (κ1) is 15.1. The predicted octanol–water partition coefficient (Wildman–Crippen LogP) is 2.75. The average Bonchev–Trinajstić information content (AvgIpc) is 2.88. The van der Waals surface area contributed by atoms with Crippen molar-refractivity contribution in [2.75, 3.05) is 19.8 Å². The summed E-state index contributed by atoms with van der Waals surface area (Å²) in [5.41, 5.74) is 4.67. The van der Waals surface area contributed by atoms with Crippen molar-refractivity contribution >= 4 is 17.2 Å². The Hall–Kier alpha value is -1.34. The van der Waals surface area contributed by atoms with Crippen molar-refractivity contribution in [2.45, 2.75) is 12.6 Å². The zero-order valence-electron chi connectivity index (χ0n) is 10.6. The summed E-state index contributed by atoms with van der Waals surface area (Å²) in [6.45, 7) is 1.35. The second-order valence-electron chi connectivity index (χ2n) is 4.61. The summed E-state index contributed by atoms with van der Waals surface area (Å²) in [6, 6.07) is 3.61. The van der Waals surface area contributed by atoms with Crippen molar-refractivity contribution in [1.29, 1.82) is 0 Å². The van der Waals surface area contributed by atoms with Crippen LogP contribution in [0.5, 0.6) is 5.75 Å². The van der Waals surface area contributed by atoms with Crippen molar-refractivity contribution < 1.29 is 22.6 Å². The third-order valence-electron chi connectivity index (χ3n) is 3.07. The van der Waals surface area contributed by atoms with E-state index in [0.29, 0.717) is 13.2 Å². The van der Waals surface area contributed by atoms with Gasteiger partial charge in [0.25, 0.3) is 0 Å². The summed E-state index contributed by atoms with van der Waals surface area (Å²) in [7, 11) is 0. The Kier molecular flexibility index (Phi) is 4.49. The van der Waals surface area contributed by atoms with Crippen molar-refractivity contribution in [3.63, 3.8) is 0 Å². The maximum absolute atomic E-state index is 13.0. The standard InChI is InChI=1S/C13H14F3NO2S/c14-13(15,16)10-5-9(12(17)20)1-2-11(10)19-7-8-3-4-18-6-8/h1-2,5,8H,3-4,6-7H2,(H2,17,20). The Morgan fingerprint density at radius 3 is 2.75 bits per heavy atom. The van der Waals surface area contributed by atoms with Crippen LogP contribution < -0.4 is 10.5 Å². The van der Waals surface area contributed by atoms with Crippen LogP contribution in [-0.4, -0.2) is 24.8 Å². The number of hydrogen-bond acceptors (Lipinski definition) is 3. The van der Waals surface area contributed by atoms with Gasteiger partial charge in [-0.25, -0.2) is 0 Å². The molecule has 2 N–H and O–H groups in total. The van der Waals surface area contributed by atoms with E-state index in [1.165, 1.54) is 12.1 Å². The molecule has 3 nitrogen and oxygen atoms in total. The number of hydrogen-bond donors (Lipinski definition) is 1. The molecule has 0 bridgehead atoms. The van der Waals surface area contributed by atoms with Crippen molar-refractivity contribution in [2.24, 2.45) is 11.7 Å². The second kappa shape index (κ2) is 5.97. The van der Waals surface area contributed by atoms with Gasteiger partial charge < -0.3 is 15.2 Å². The highest BCUT2D eigenvalue weighted by Crippen LogP contribution is 2.37. The predicted molar refractivity (Wildman–Crippen MR) is 71.8 cm³/mol. The van der Waals surface area contributed by atoms with E-state index < -0.39 is 11.7 Å². The number of halogens is 3. The molecule has 0 amide bonds. The Balaban J connectivity index is 2.19. The fourth-order valence-electron chi connectivity index (χ4n) is 1.95. The van der Waals surface area contributed by atoms with Crippen LogP contribution in [0.15, 0.2) is 18.2 Å². The minimum Gasteiger partial charge on any atom is -0.493 e. The number of alkyl halides is 3. The van der Waals surface area contributed by atoms with Gasteiger partial charge in [-0.15, -0.1) is 0 Å². The van der Waals surface area contributed by atoms with Gasteiger partial charge in [0.1, 0.15) is 10.7 Å². The van der Waals surface area contributed by atoms with Crippen molar-refractivity contribution in [3.05, 3.63) is 29.3 Å². The molecule has 0 aromatic heterocycles. The first-order valence-corrected chi connectivity index (χ1v) is 6.50. The van der Waals surface area contributed by atoms with Gasteiger partial charge in [0.05, 0.1) is 18.8 Å². The van der Waals surface area contributed by atoms with Crippen LogP contribution in [0.25, 0.3) is 0 Å². The number of ether oxygens (including phenoxy) is 2. The molecule has 1 aromatic carbocycles. The average molecular weight is 305 g/mol. The van der Waals surface area contributed by atoms with Crippen LogP contribution in [0, 0.1) is 5.92 Å². The Morgan fingerprint density at radius 1 is 1.45 bits per heavy atom. The normalized spacial score (nSPS) is 19.1. The third kappa shape index (κ3) is 3.61. The molecule has 1 unspecified atom stereocenters. The number of rotatable bonds is 4. The van der Waals surface area contributed by atoms with Gasteiger partial charge in [-0.1, -0.05) is 12.2 Å². The molecule has 0 radical (unpaired) electrons. The molecule has 1 aliphatic rings. The summed E-state index contributed by atoms with van der Waals surface area (Å²) in [5.74, 6) is -0.0734. The lowest BCUT2D eigenvalue weighted by molar-refractivity contribution is -0.139. The molecule has 0 saturated carbocycles. The van der Waals surface area contributed by atoms with Gasteiger partial charge in [0, 0.05) is 18.1 Å². The first-order valence-electron chi connectivity index (χ1n) is 6.09. The molecule has 1 fully saturated rings. The zero-order valence-corrected chi connectivity index (χ0v) is 11.4. The fourth-order valence-corrected chi connectivity index (χ4v) is 2.08. The Bertz CT molecular complexity index is 499. The quantitative estimate of drug-likeness (QED) is 0.869. The van der Waals surface area contributed by atoms with E-state index in [1.54, 1.807) is 0 Å². The Labute approximate surface area is 119 Å². The van der Waals surface area contributed by atoms with Gasteiger partial charge in [0.2, 0.25) is 0 Å². The molecule has 20 heavy (non-hydrogen) atoms. The number of benzene rings is 1. The van der Waals surface area contributed by atoms with Crippen molar-refractivity contribution in [3.8, 4) is 5.75 Å². The van der Waals surface area contributed by atoms with Crippen LogP contribution >= 0.6 is 12.2 Å². The lowest BCUT2D eigenvalue weighted by Crippen LogP contribution is -2.17. The van der Waals surface area contributed by atoms with E-state index in [4.69, 9.17) is 27.4 Å². The maximum Gasteiger partial charge on any atom is 0.419 e. The summed E-state index contributed by atoms with van der Waals surface area (Å²) < 4.78 is 49.5. The van der Waals surface area contributed by atoms with E-state index in [9.17, 15) is 13.2 Å². The van der Waals surface area contributed by atoms with E-state index in [0.717, 1.165) is 12.5 Å². The number of nitrogens with two attached hydrogens (primary N) is 1. The minimum absolute atomic E-state index is 0.0776. The van der Waals surface area contributed by atoms with E-state index in [2.05, 4.69) is 0 Å². The van der Waals surface area contributed by atoms with E-state index >= 15 is 0 Å². The first-order chi connectivity index (χ1) is 9.38. The van der Waals surface area contributed by atoms with Gasteiger partial charge in [-0.3, -0.25) is 0 Å². The lowest BCUT2D eigenvalue weighted by atomic mass is 10.1. The molecule has 2 rings (SSSR count). The van der Waals surface area contributed by atoms with E-state index in [-0.39, 0.29) is 28.8 Å². The highest BCUT2D eigenvalue weighted by atomic mass is 32.1. The summed E-state index contributed by atoms with van der Waals surface area (Å²) in [4.78, 5) is -0.0776. The summed E-state index contributed by atoms with van der Waals surface area (Å²) >= 11 is 4.69. The van der Waals surface area contributed by atoms with Gasteiger partial charge in [-0.2, -0.15) is 13.2 Å². The van der Waals surface area contributed by atoms with Crippen LogP contribution in [0.4, 0.5) is 13.2 Å². The monoisotopic (exact) mass is 305 g/mol. The summed E-state index contributed by atoms with van der Waals surface area (Å²) in [6.07, 6.45) is -3.71. The highest BCUT2D eigenvalue weighted by Gasteiger charge is 2.35. The van der Waals surface area contributed by atoms with Gasteiger partial charge in [-0.05, 0) is 24.6 Å². The fraction of sp³-hybridized carbons (Fsp3) is 0.462. The lowest BCUT2D eigenvalue weighted by Gasteiger charge is -2.16. The molecule has 110 valence electrons. The highest BCUT2D eigenvalue weighted by molar-refractivity contribution is 7.80. The molecule has 1 saturated heterocycles. The largest absolute Gasteiger partial charge is 0.493 e. The van der Waals surface area contributed by atoms with Gasteiger partial charge >= 0.3 is 6.18 Å². The van der Waals surface area contributed by atoms with Crippen LogP contribution in [0.3, 0.4) is 0 Å². The Morgan fingerprint density at radius 2 is 2.20 bits per heavy atom. The SMILES string of the molecule is NC(=S)c1ccc(OCC2CCOC2)c(C(F)(F)F)c1. The molecule has 0 spiro atoms. The minimum atomic E-state index is -4.51. The molecular formula is C13H14F3NO2S. The zero-order chi connectivity index (χ0) is 14.8. The molecule has 1 heterocycles. The molecule has 0 aliphatic carbocycles. The van der Waals surface area contributed by atoms with Crippen LogP contribution in [0.1, 0.15) is 17.5 Å². The van der Waals surface area contributed by atoms with Gasteiger partial charge in [0.15, 0.2) is 0 Å². The maximum atomic E-state index is 13.0. The third-order valence-corrected chi connectivity index (χ3v) is 3.30. The van der Waals surface area contributed by atoms with Crippen LogP contribution in [-0.2, 0) is 10.9 Å². The van der Waals surface area contributed by atoms with E-state index in [1.807, 2.05) is 0 Å². The number of thiocarbonyl (C=S) groups is 1. The molecule has 1 atom stereocenters. The molecule has 1 aromatic rings. The van der Waals surface area contributed by atoms with Crippen LogP contribution in [0.2, 0.25) is 0 Å². The smallest absolute Gasteiger partial charge is 0.419 e. The second-order valence-corrected chi connectivity index (χ2v) is 5.05. The van der Waals surface area contributed by atoms with Crippen molar-refractivity contribution in [1.82, 2.24) is 0 Å². The molecular weight excluding hydrogens is 291 g/mol. The summed E-state index contributed by atoms with van der Waals surface area (Å²) in [5, 5.41) is 0. The topological polar surface area (TPSA) is 44.5 Å². The molecule has 7 heteroatoms. The molecule has 1 aliphatic heterocycles.